The predicted molar refractivity (Wildman–Crippen MR) is 59.4 cm³/mol. The van der Waals surface area contributed by atoms with Crippen molar-refractivity contribution < 1.29 is 4.21 Å². The first-order valence-electron chi connectivity index (χ1n) is 4.87. The van der Waals surface area contributed by atoms with Gasteiger partial charge >= 0.3 is 0 Å². The predicted octanol–water partition coefficient (Wildman–Crippen LogP) is 1.90. The molecule has 0 aromatic heterocycles. The third-order valence-electron chi connectivity index (χ3n) is 2.68. The molecule has 76 valence electrons. The van der Waals surface area contributed by atoms with E-state index in [1.54, 1.807) is 6.26 Å². The van der Waals surface area contributed by atoms with Crippen LogP contribution < -0.4 is 5.73 Å². The lowest BCUT2D eigenvalue weighted by Crippen LogP contribution is -2.16. The molecule has 2 atom stereocenters. The van der Waals surface area contributed by atoms with Crippen LogP contribution >= 0.6 is 0 Å². The molecule has 0 amide bonds. The molecule has 1 aliphatic rings. The van der Waals surface area contributed by atoms with Gasteiger partial charge < -0.3 is 5.73 Å². The van der Waals surface area contributed by atoms with E-state index in [9.17, 15) is 4.21 Å². The van der Waals surface area contributed by atoms with E-state index < -0.39 is 10.8 Å². The van der Waals surface area contributed by atoms with E-state index in [2.05, 4.69) is 6.07 Å². The Morgan fingerprint density at radius 2 is 2.07 bits per heavy atom. The monoisotopic (exact) mass is 209 g/mol. The first-order valence-corrected chi connectivity index (χ1v) is 6.49. The first kappa shape index (κ1) is 9.87. The average molecular weight is 209 g/mol. The highest BCUT2D eigenvalue weighted by atomic mass is 32.2. The Bertz CT molecular complexity index is 360. The van der Waals surface area contributed by atoms with E-state index >= 15 is 0 Å². The second-order valence-electron chi connectivity index (χ2n) is 3.82. The molecule has 1 aromatic rings. The van der Waals surface area contributed by atoms with Crippen molar-refractivity contribution in [1.29, 1.82) is 0 Å². The lowest BCUT2D eigenvalue weighted by atomic mass is 10.0. The highest BCUT2D eigenvalue weighted by Crippen LogP contribution is 2.42. The van der Waals surface area contributed by atoms with Crippen LogP contribution in [0.5, 0.6) is 0 Å². The fourth-order valence-corrected chi connectivity index (χ4v) is 2.29. The fraction of sp³-hybridized carbons (Fsp3) is 0.455. The largest absolute Gasteiger partial charge is 0.314 e. The molecule has 14 heavy (non-hydrogen) atoms. The van der Waals surface area contributed by atoms with Gasteiger partial charge in [-0.25, -0.2) is 0 Å². The van der Waals surface area contributed by atoms with Crippen molar-refractivity contribution in [3.8, 4) is 0 Å². The molecule has 2 rings (SSSR count). The highest BCUT2D eigenvalue weighted by molar-refractivity contribution is 7.84. The summed E-state index contributed by atoms with van der Waals surface area (Å²) in [7, 11) is -0.983. The fourth-order valence-electron chi connectivity index (χ4n) is 1.71. The van der Waals surface area contributed by atoms with Crippen molar-refractivity contribution in [3.05, 3.63) is 35.4 Å². The molecular weight excluding hydrogens is 194 g/mol. The summed E-state index contributed by atoms with van der Waals surface area (Å²) in [6.45, 7) is 0. The summed E-state index contributed by atoms with van der Waals surface area (Å²) in [5.74, 6) is 0.667. The molecule has 2 nitrogen and oxygen atoms in total. The lowest BCUT2D eigenvalue weighted by Gasteiger charge is -2.13. The Balaban J connectivity index is 2.35. The van der Waals surface area contributed by atoms with E-state index in [1.807, 2.05) is 18.2 Å². The van der Waals surface area contributed by atoms with Gasteiger partial charge in [0.05, 0.1) is 0 Å². The molecule has 2 N–H and O–H groups in total. The zero-order valence-corrected chi connectivity index (χ0v) is 9.09. The van der Waals surface area contributed by atoms with Crippen LogP contribution in [-0.4, -0.2) is 10.5 Å². The Morgan fingerprint density at radius 3 is 2.64 bits per heavy atom. The quantitative estimate of drug-likeness (QED) is 0.826. The molecule has 3 heteroatoms. The van der Waals surface area contributed by atoms with Gasteiger partial charge in [0.15, 0.2) is 0 Å². The van der Waals surface area contributed by atoms with Gasteiger partial charge in [-0.2, -0.15) is 0 Å². The second kappa shape index (κ2) is 3.83. The molecule has 0 radical (unpaired) electrons. The number of hydrogen-bond donors (Lipinski definition) is 1. The normalized spacial score (nSPS) is 20.4. The van der Waals surface area contributed by atoms with Crippen LogP contribution in [0.2, 0.25) is 0 Å². The molecule has 0 aliphatic heterocycles. The Hall–Kier alpha value is -0.670. The van der Waals surface area contributed by atoms with Crippen LogP contribution in [0.4, 0.5) is 0 Å². The van der Waals surface area contributed by atoms with E-state index in [4.69, 9.17) is 5.73 Å². The van der Waals surface area contributed by atoms with Crippen molar-refractivity contribution in [3.63, 3.8) is 0 Å². The van der Waals surface area contributed by atoms with Gasteiger partial charge in [0.1, 0.15) is 5.37 Å². The minimum Gasteiger partial charge on any atom is -0.314 e. The smallest absolute Gasteiger partial charge is 0.107 e. The van der Waals surface area contributed by atoms with Crippen molar-refractivity contribution >= 4 is 10.8 Å². The first-order chi connectivity index (χ1) is 6.70. The summed E-state index contributed by atoms with van der Waals surface area (Å²) in [5, 5.41) is -0.327. The van der Waals surface area contributed by atoms with Crippen molar-refractivity contribution in [2.75, 3.05) is 6.26 Å². The second-order valence-corrected chi connectivity index (χ2v) is 5.33. The summed E-state index contributed by atoms with van der Waals surface area (Å²) >= 11 is 0. The third-order valence-corrected chi connectivity index (χ3v) is 3.65. The van der Waals surface area contributed by atoms with Crippen LogP contribution in [-0.2, 0) is 10.8 Å². The SMILES string of the molecule is CS(=O)C(N)c1ccccc1C1CC1. The van der Waals surface area contributed by atoms with Gasteiger partial charge in [-0.05, 0) is 29.9 Å². The van der Waals surface area contributed by atoms with Crippen LogP contribution in [0.1, 0.15) is 35.3 Å². The maximum Gasteiger partial charge on any atom is 0.107 e. The topological polar surface area (TPSA) is 43.1 Å². The number of nitrogens with two attached hydrogens (primary N) is 1. The zero-order valence-electron chi connectivity index (χ0n) is 8.27. The molecule has 1 fully saturated rings. The Kier molecular flexibility index (Phi) is 2.70. The minimum atomic E-state index is -0.983. The van der Waals surface area contributed by atoms with Gasteiger partial charge in [0, 0.05) is 17.1 Å². The van der Waals surface area contributed by atoms with Crippen molar-refractivity contribution in [2.45, 2.75) is 24.1 Å². The van der Waals surface area contributed by atoms with Crippen molar-refractivity contribution in [1.82, 2.24) is 0 Å². The molecule has 0 spiro atoms. The molecule has 1 saturated carbocycles. The Labute approximate surface area is 87.0 Å². The minimum absolute atomic E-state index is 0.327. The van der Waals surface area contributed by atoms with Gasteiger partial charge in [0.25, 0.3) is 0 Å². The molecule has 0 bridgehead atoms. The highest BCUT2D eigenvalue weighted by Gasteiger charge is 2.27. The summed E-state index contributed by atoms with van der Waals surface area (Å²) in [6, 6.07) is 8.11. The van der Waals surface area contributed by atoms with E-state index in [-0.39, 0.29) is 5.37 Å². The summed E-state index contributed by atoms with van der Waals surface area (Å²) < 4.78 is 11.3. The molecule has 0 heterocycles. The van der Waals surface area contributed by atoms with E-state index in [0.29, 0.717) is 5.92 Å². The molecule has 1 aliphatic carbocycles. The van der Waals surface area contributed by atoms with Crippen LogP contribution in [0, 0.1) is 0 Å². The van der Waals surface area contributed by atoms with Crippen LogP contribution in [0.15, 0.2) is 24.3 Å². The van der Waals surface area contributed by atoms with E-state index in [0.717, 1.165) is 5.56 Å². The average Bonchev–Trinajstić information content (AvgIpc) is 3.00. The number of hydrogen-bond acceptors (Lipinski definition) is 2. The molecule has 2 unspecified atom stereocenters. The number of rotatable bonds is 3. The maximum atomic E-state index is 11.3. The van der Waals surface area contributed by atoms with Crippen LogP contribution in [0.3, 0.4) is 0 Å². The zero-order chi connectivity index (χ0) is 10.1. The molecular formula is C11H15NOS. The summed E-state index contributed by atoms with van der Waals surface area (Å²) in [5.41, 5.74) is 8.27. The van der Waals surface area contributed by atoms with Crippen molar-refractivity contribution in [2.24, 2.45) is 5.73 Å². The standard InChI is InChI=1S/C11H15NOS/c1-14(13)11(12)10-5-3-2-4-9(10)8-6-7-8/h2-5,8,11H,6-7,12H2,1H3. The summed E-state index contributed by atoms with van der Waals surface area (Å²) in [6.07, 6.45) is 4.16. The summed E-state index contributed by atoms with van der Waals surface area (Å²) in [4.78, 5) is 0. The van der Waals surface area contributed by atoms with E-state index in [1.165, 1.54) is 18.4 Å². The van der Waals surface area contributed by atoms with Gasteiger partial charge in [-0.3, -0.25) is 4.21 Å². The Morgan fingerprint density at radius 1 is 1.43 bits per heavy atom. The van der Waals surface area contributed by atoms with Crippen LogP contribution in [0.25, 0.3) is 0 Å². The van der Waals surface area contributed by atoms with Gasteiger partial charge in [-0.1, -0.05) is 24.3 Å². The molecule has 0 saturated heterocycles. The number of benzene rings is 1. The maximum absolute atomic E-state index is 11.3. The third kappa shape index (κ3) is 1.88. The molecule has 1 aromatic carbocycles. The lowest BCUT2D eigenvalue weighted by molar-refractivity contribution is 0.677. The van der Waals surface area contributed by atoms with Gasteiger partial charge in [0.2, 0.25) is 0 Å². The van der Waals surface area contributed by atoms with Gasteiger partial charge in [-0.15, -0.1) is 0 Å².